The Hall–Kier alpha value is -2.62. The fourth-order valence-corrected chi connectivity index (χ4v) is 3.43. The maximum absolute atomic E-state index is 12.1. The van der Waals surface area contributed by atoms with Gasteiger partial charge >= 0.3 is 11.9 Å². The summed E-state index contributed by atoms with van der Waals surface area (Å²) in [5.41, 5.74) is 2.53. The summed E-state index contributed by atoms with van der Waals surface area (Å²) in [5.74, 6) is 0.0876. The molecular formula is C28H38O4. The molecule has 174 valence electrons. The number of benzene rings is 2. The lowest BCUT2D eigenvalue weighted by atomic mass is 10.0. The van der Waals surface area contributed by atoms with Crippen molar-refractivity contribution in [3.05, 3.63) is 54.1 Å². The Morgan fingerprint density at radius 3 is 1.84 bits per heavy atom. The maximum atomic E-state index is 12.1. The average molecular weight is 439 g/mol. The minimum atomic E-state index is -0.301. The average Bonchev–Trinajstić information content (AvgIpc) is 2.81. The first-order valence-electron chi connectivity index (χ1n) is 12.2. The van der Waals surface area contributed by atoms with Gasteiger partial charge in [0, 0.05) is 6.42 Å². The van der Waals surface area contributed by atoms with Gasteiger partial charge in [-0.05, 0) is 55.2 Å². The Labute approximate surface area is 193 Å². The number of hydrogen-bond donors (Lipinski definition) is 0. The van der Waals surface area contributed by atoms with Gasteiger partial charge in [0.1, 0.15) is 5.75 Å². The van der Waals surface area contributed by atoms with Crippen LogP contribution in [0.15, 0.2) is 48.5 Å². The summed E-state index contributed by atoms with van der Waals surface area (Å²) in [6.45, 7) is 6.10. The van der Waals surface area contributed by atoms with Crippen molar-refractivity contribution >= 4 is 11.9 Å². The van der Waals surface area contributed by atoms with E-state index >= 15 is 0 Å². The van der Waals surface area contributed by atoms with E-state index in [0.29, 0.717) is 17.7 Å². The predicted octanol–water partition coefficient (Wildman–Crippen LogP) is 7.75. The number of rotatable bonds is 14. The third-order valence-corrected chi connectivity index (χ3v) is 5.66. The Balaban J connectivity index is 1.75. The Kier molecular flexibility index (Phi) is 11.6. The standard InChI is InChI=1S/C28H38O4/c1-4-6-7-8-9-10-11-12-13-27(29)32-26-20-18-24(19-21-26)23-14-16-25(17-15-23)28(30)31-22(3)5-2/h14-22H,4-13H2,1-3H3. The monoisotopic (exact) mass is 438 g/mol. The van der Waals surface area contributed by atoms with Gasteiger partial charge in [0.05, 0.1) is 11.7 Å². The SMILES string of the molecule is CCCCCCCCCCC(=O)Oc1ccc(-c2ccc(C(=O)OC(C)CC)cc2)cc1. The summed E-state index contributed by atoms with van der Waals surface area (Å²) < 4.78 is 10.8. The first kappa shape index (κ1) is 25.6. The molecule has 4 nitrogen and oxygen atoms in total. The van der Waals surface area contributed by atoms with Gasteiger partial charge in [-0.2, -0.15) is 0 Å². The molecule has 1 atom stereocenters. The molecule has 0 heterocycles. The van der Waals surface area contributed by atoms with Gasteiger partial charge in [-0.3, -0.25) is 4.79 Å². The number of hydrogen-bond acceptors (Lipinski definition) is 4. The second kappa shape index (κ2) is 14.4. The number of carbonyl (C=O) groups is 2. The summed E-state index contributed by atoms with van der Waals surface area (Å²) in [5, 5.41) is 0. The van der Waals surface area contributed by atoms with E-state index < -0.39 is 0 Å². The molecule has 0 fully saturated rings. The van der Waals surface area contributed by atoms with E-state index in [9.17, 15) is 9.59 Å². The quantitative estimate of drug-likeness (QED) is 0.172. The van der Waals surface area contributed by atoms with E-state index in [1.807, 2.05) is 50.2 Å². The highest BCUT2D eigenvalue weighted by Gasteiger charge is 2.11. The first-order chi connectivity index (χ1) is 15.5. The molecule has 0 bridgehead atoms. The molecule has 0 radical (unpaired) electrons. The van der Waals surface area contributed by atoms with Crippen molar-refractivity contribution < 1.29 is 19.1 Å². The summed E-state index contributed by atoms with van der Waals surface area (Å²) >= 11 is 0. The molecule has 0 aliphatic rings. The van der Waals surface area contributed by atoms with Crippen LogP contribution in [0, 0.1) is 0 Å². The lowest BCUT2D eigenvalue weighted by Gasteiger charge is -2.11. The minimum Gasteiger partial charge on any atom is -0.459 e. The second-order valence-electron chi connectivity index (χ2n) is 8.42. The van der Waals surface area contributed by atoms with Crippen LogP contribution >= 0.6 is 0 Å². The van der Waals surface area contributed by atoms with E-state index in [0.717, 1.165) is 30.4 Å². The number of esters is 2. The van der Waals surface area contributed by atoms with Crippen molar-refractivity contribution in [3.63, 3.8) is 0 Å². The first-order valence-corrected chi connectivity index (χ1v) is 12.2. The van der Waals surface area contributed by atoms with Crippen LogP contribution in [-0.4, -0.2) is 18.0 Å². The van der Waals surface area contributed by atoms with Crippen molar-refractivity contribution in [2.75, 3.05) is 0 Å². The molecule has 32 heavy (non-hydrogen) atoms. The van der Waals surface area contributed by atoms with E-state index in [1.54, 1.807) is 12.1 Å². The second-order valence-corrected chi connectivity index (χ2v) is 8.42. The molecular weight excluding hydrogens is 400 g/mol. The Morgan fingerprint density at radius 2 is 1.28 bits per heavy atom. The number of unbranched alkanes of at least 4 members (excludes halogenated alkanes) is 7. The zero-order valence-electron chi connectivity index (χ0n) is 19.9. The van der Waals surface area contributed by atoms with Crippen molar-refractivity contribution in [2.45, 2.75) is 91.1 Å². The van der Waals surface area contributed by atoms with E-state index in [-0.39, 0.29) is 18.0 Å². The van der Waals surface area contributed by atoms with Crippen LogP contribution in [0.1, 0.15) is 95.3 Å². The molecule has 2 aromatic rings. The highest BCUT2D eigenvalue weighted by molar-refractivity contribution is 5.90. The van der Waals surface area contributed by atoms with Gasteiger partial charge in [0.2, 0.25) is 0 Å². The predicted molar refractivity (Wildman–Crippen MR) is 130 cm³/mol. The zero-order chi connectivity index (χ0) is 23.2. The van der Waals surface area contributed by atoms with Gasteiger partial charge in [-0.1, -0.05) is 83.1 Å². The summed E-state index contributed by atoms with van der Waals surface area (Å²) in [6.07, 6.45) is 10.8. The summed E-state index contributed by atoms with van der Waals surface area (Å²) in [6, 6.07) is 14.8. The van der Waals surface area contributed by atoms with Crippen LogP contribution in [0.5, 0.6) is 5.75 Å². The van der Waals surface area contributed by atoms with Crippen LogP contribution in [0.2, 0.25) is 0 Å². The third-order valence-electron chi connectivity index (χ3n) is 5.66. The van der Waals surface area contributed by atoms with Crippen LogP contribution < -0.4 is 4.74 Å². The molecule has 0 aromatic heterocycles. The molecule has 0 amide bonds. The molecule has 4 heteroatoms. The van der Waals surface area contributed by atoms with Gasteiger partial charge in [0.25, 0.3) is 0 Å². The molecule has 0 aliphatic heterocycles. The molecule has 0 saturated heterocycles. The van der Waals surface area contributed by atoms with Gasteiger partial charge in [-0.25, -0.2) is 4.79 Å². The third kappa shape index (κ3) is 9.25. The van der Waals surface area contributed by atoms with E-state index in [4.69, 9.17) is 9.47 Å². The van der Waals surface area contributed by atoms with Gasteiger partial charge in [0.15, 0.2) is 0 Å². The maximum Gasteiger partial charge on any atom is 0.338 e. The number of carbonyl (C=O) groups excluding carboxylic acids is 2. The van der Waals surface area contributed by atoms with Gasteiger partial charge in [-0.15, -0.1) is 0 Å². The molecule has 1 unspecified atom stereocenters. The summed E-state index contributed by atoms with van der Waals surface area (Å²) in [4.78, 5) is 24.2. The van der Waals surface area contributed by atoms with Crippen molar-refractivity contribution in [3.8, 4) is 16.9 Å². The molecule has 0 saturated carbocycles. The van der Waals surface area contributed by atoms with Crippen LogP contribution in [0.25, 0.3) is 11.1 Å². The number of ether oxygens (including phenoxy) is 2. The zero-order valence-corrected chi connectivity index (χ0v) is 19.9. The molecule has 0 aliphatic carbocycles. The highest BCUT2D eigenvalue weighted by Crippen LogP contribution is 2.23. The Morgan fingerprint density at radius 1 is 0.750 bits per heavy atom. The van der Waals surface area contributed by atoms with Crippen molar-refractivity contribution in [1.82, 2.24) is 0 Å². The van der Waals surface area contributed by atoms with Crippen molar-refractivity contribution in [2.24, 2.45) is 0 Å². The topological polar surface area (TPSA) is 52.6 Å². The van der Waals surface area contributed by atoms with Crippen LogP contribution in [0.3, 0.4) is 0 Å². The van der Waals surface area contributed by atoms with E-state index in [2.05, 4.69) is 6.92 Å². The van der Waals surface area contributed by atoms with E-state index in [1.165, 1.54) is 38.5 Å². The lowest BCUT2D eigenvalue weighted by Crippen LogP contribution is -2.13. The van der Waals surface area contributed by atoms with Crippen LogP contribution in [-0.2, 0) is 9.53 Å². The molecule has 2 aromatic carbocycles. The lowest BCUT2D eigenvalue weighted by molar-refractivity contribution is -0.134. The molecule has 0 spiro atoms. The normalized spacial score (nSPS) is 11.7. The largest absolute Gasteiger partial charge is 0.459 e. The molecule has 0 N–H and O–H groups in total. The smallest absolute Gasteiger partial charge is 0.338 e. The summed E-state index contributed by atoms with van der Waals surface area (Å²) in [7, 11) is 0. The highest BCUT2D eigenvalue weighted by atomic mass is 16.5. The fraction of sp³-hybridized carbons (Fsp3) is 0.500. The molecule has 2 rings (SSSR count). The van der Waals surface area contributed by atoms with Crippen molar-refractivity contribution in [1.29, 1.82) is 0 Å². The Bertz CT molecular complexity index is 808. The minimum absolute atomic E-state index is 0.0898. The van der Waals surface area contributed by atoms with Gasteiger partial charge < -0.3 is 9.47 Å². The fourth-order valence-electron chi connectivity index (χ4n) is 3.43. The van der Waals surface area contributed by atoms with Crippen LogP contribution in [0.4, 0.5) is 0 Å².